The van der Waals surface area contributed by atoms with E-state index < -0.39 is 0 Å². The Balaban J connectivity index is 1.98. The molecule has 1 fully saturated rings. The van der Waals surface area contributed by atoms with Gasteiger partial charge in [0.1, 0.15) is 0 Å². The molecule has 0 bridgehead atoms. The van der Waals surface area contributed by atoms with E-state index in [1.807, 2.05) is 6.20 Å². The van der Waals surface area contributed by atoms with Crippen molar-refractivity contribution in [1.29, 1.82) is 0 Å². The largest absolute Gasteiger partial charge is 0.368 e. The molecule has 1 atom stereocenters. The summed E-state index contributed by atoms with van der Waals surface area (Å²) in [6.07, 6.45) is 3.59. The number of anilines is 1. The van der Waals surface area contributed by atoms with Crippen molar-refractivity contribution in [3.8, 4) is 0 Å². The van der Waals surface area contributed by atoms with Crippen LogP contribution >= 0.6 is 0 Å². The van der Waals surface area contributed by atoms with Gasteiger partial charge >= 0.3 is 0 Å². The summed E-state index contributed by atoms with van der Waals surface area (Å²) in [5.41, 5.74) is 2.15. The van der Waals surface area contributed by atoms with Gasteiger partial charge in [0.2, 0.25) is 5.91 Å². The number of carbonyl (C=O) groups is 1. The topological polar surface area (TPSA) is 57.3 Å². The van der Waals surface area contributed by atoms with Crippen LogP contribution in [-0.2, 0) is 4.79 Å². The predicted octanol–water partition coefficient (Wildman–Crippen LogP) is 1.47. The average molecular weight is 276 g/mol. The Hall–Kier alpha value is -1.62. The molecule has 110 valence electrons. The van der Waals surface area contributed by atoms with Gasteiger partial charge in [0.05, 0.1) is 17.6 Å². The first-order valence-corrected chi connectivity index (χ1v) is 7.41. The number of carbonyl (C=O) groups excluding carboxylic acids is 1. The maximum atomic E-state index is 11.3. The molecule has 0 aliphatic carbocycles. The molecule has 5 nitrogen and oxygen atoms in total. The highest BCUT2D eigenvalue weighted by Gasteiger charge is 2.14. The van der Waals surface area contributed by atoms with Crippen molar-refractivity contribution in [3.63, 3.8) is 0 Å². The number of nitrogens with zero attached hydrogens (tertiary/aromatic N) is 2. The van der Waals surface area contributed by atoms with Gasteiger partial charge in [-0.1, -0.05) is 6.92 Å². The third-order valence-corrected chi connectivity index (χ3v) is 3.59. The van der Waals surface area contributed by atoms with Gasteiger partial charge in [0.15, 0.2) is 0 Å². The molecule has 1 aliphatic rings. The summed E-state index contributed by atoms with van der Waals surface area (Å²) in [6, 6.07) is 4.45. The second-order valence-corrected chi connectivity index (χ2v) is 5.20. The van der Waals surface area contributed by atoms with E-state index >= 15 is 0 Å². The second-order valence-electron chi connectivity index (χ2n) is 5.20. The van der Waals surface area contributed by atoms with Gasteiger partial charge in [0.25, 0.3) is 0 Å². The number of hydrogen-bond acceptors (Lipinski definition) is 4. The molecule has 0 radical (unpaired) electrons. The molecule has 5 heteroatoms. The molecule has 2 rings (SSSR count). The lowest BCUT2D eigenvalue weighted by Crippen LogP contribution is -2.28. The minimum absolute atomic E-state index is 0.134. The van der Waals surface area contributed by atoms with Crippen LogP contribution in [0.4, 0.5) is 5.69 Å². The zero-order chi connectivity index (χ0) is 14.4. The fraction of sp³-hybridized carbons (Fsp3) is 0.600. The van der Waals surface area contributed by atoms with E-state index in [-0.39, 0.29) is 11.9 Å². The molecule has 0 saturated carbocycles. The lowest BCUT2D eigenvalue weighted by Gasteiger charge is -2.22. The number of rotatable bonds is 5. The predicted molar refractivity (Wildman–Crippen MR) is 80.8 cm³/mol. The summed E-state index contributed by atoms with van der Waals surface area (Å²) < 4.78 is 0. The maximum Gasteiger partial charge on any atom is 0.221 e. The highest BCUT2D eigenvalue weighted by atomic mass is 16.1. The first kappa shape index (κ1) is 14.8. The van der Waals surface area contributed by atoms with Crippen molar-refractivity contribution in [2.75, 3.05) is 31.1 Å². The van der Waals surface area contributed by atoms with Crippen molar-refractivity contribution >= 4 is 11.6 Å². The molecule has 1 unspecified atom stereocenters. The molecule has 1 aromatic rings. The molecular formula is C15H24N4O. The quantitative estimate of drug-likeness (QED) is 0.855. The van der Waals surface area contributed by atoms with E-state index in [9.17, 15) is 4.79 Å². The highest BCUT2D eigenvalue weighted by molar-refractivity contribution is 5.77. The Labute approximate surface area is 120 Å². The minimum Gasteiger partial charge on any atom is -0.368 e. The van der Waals surface area contributed by atoms with Crippen LogP contribution in [0.3, 0.4) is 0 Å². The third-order valence-electron chi connectivity index (χ3n) is 3.59. The Morgan fingerprint density at radius 1 is 1.45 bits per heavy atom. The Kier molecular flexibility index (Phi) is 5.35. The second kappa shape index (κ2) is 7.24. The summed E-state index contributed by atoms with van der Waals surface area (Å²) in [4.78, 5) is 18.1. The Morgan fingerprint density at radius 2 is 2.30 bits per heavy atom. The lowest BCUT2D eigenvalue weighted by atomic mass is 10.2. The minimum atomic E-state index is 0.134. The molecule has 20 heavy (non-hydrogen) atoms. The van der Waals surface area contributed by atoms with Crippen LogP contribution < -0.4 is 15.5 Å². The normalized spacial score (nSPS) is 17.5. The number of amides is 1. The number of aromatic nitrogens is 1. The zero-order valence-corrected chi connectivity index (χ0v) is 12.4. The van der Waals surface area contributed by atoms with Gasteiger partial charge in [0, 0.05) is 32.1 Å². The number of nitrogens with one attached hydrogen (secondary N) is 2. The Morgan fingerprint density at radius 3 is 3.00 bits per heavy atom. The average Bonchev–Trinajstić information content (AvgIpc) is 2.70. The number of hydrogen-bond donors (Lipinski definition) is 2. The molecule has 1 aliphatic heterocycles. The van der Waals surface area contributed by atoms with Crippen molar-refractivity contribution < 1.29 is 4.79 Å². The van der Waals surface area contributed by atoms with Crippen LogP contribution in [0, 0.1) is 0 Å². The van der Waals surface area contributed by atoms with E-state index in [1.54, 1.807) is 0 Å². The zero-order valence-electron chi connectivity index (χ0n) is 12.4. The van der Waals surface area contributed by atoms with E-state index in [1.165, 1.54) is 0 Å². The summed E-state index contributed by atoms with van der Waals surface area (Å²) >= 11 is 0. The van der Waals surface area contributed by atoms with E-state index in [4.69, 9.17) is 0 Å². The summed E-state index contributed by atoms with van der Waals surface area (Å²) in [5.74, 6) is 0.134. The summed E-state index contributed by atoms with van der Waals surface area (Å²) in [6.45, 7) is 7.60. The molecule has 1 amide bonds. The first-order chi connectivity index (χ1) is 9.70. The molecule has 2 N–H and O–H groups in total. The molecule has 0 spiro atoms. The van der Waals surface area contributed by atoms with Crippen molar-refractivity contribution in [2.45, 2.75) is 32.7 Å². The van der Waals surface area contributed by atoms with E-state index in [2.05, 4.69) is 46.5 Å². The Bertz CT molecular complexity index is 432. The maximum absolute atomic E-state index is 11.3. The highest BCUT2D eigenvalue weighted by Crippen LogP contribution is 2.17. The van der Waals surface area contributed by atoms with Crippen LogP contribution in [0.1, 0.15) is 38.4 Å². The van der Waals surface area contributed by atoms with Crippen LogP contribution in [-0.4, -0.2) is 37.1 Å². The van der Waals surface area contributed by atoms with Gasteiger partial charge in [-0.25, -0.2) is 0 Å². The SMILES string of the molecule is CCCNC(C)c1ccc(N2CCNC(=O)CC2)cn1. The summed E-state index contributed by atoms with van der Waals surface area (Å²) in [5, 5.41) is 6.32. The molecule has 1 saturated heterocycles. The van der Waals surface area contributed by atoms with E-state index in [0.29, 0.717) is 13.0 Å². The fourth-order valence-electron chi connectivity index (χ4n) is 2.33. The molecular weight excluding hydrogens is 252 g/mol. The van der Waals surface area contributed by atoms with E-state index in [0.717, 1.165) is 37.4 Å². The molecule has 2 heterocycles. The van der Waals surface area contributed by atoms with Crippen LogP contribution in [0.25, 0.3) is 0 Å². The van der Waals surface area contributed by atoms with Gasteiger partial charge in [-0.15, -0.1) is 0 Å². The monoisotopic (exact) mass is 276 g/mol. The van der Waals surface area contributed by atoms with Crippen molar-refractivity contribution in [2.24, 2.45) is 0 Å². The van der Waals surface area contributed by atoms with Crippen LogP contribution in [0.2, 0.25) is 0 Å². The summed E-state index contributed by atoms with van der Waals surface area (Å²) in [7, 11) is 0. The smallest absolute Gasteiger partial charge is 0.221 e. The molecule has 0 aromatic carbocycles. The number of pyridine rings is 1. The van der Waals surface area contributed by atoms with Gasteiger partial charge in [-0.05, 0) is 32.0 Å². The standard InChI is InChI=1S/C15H24N4O/c1-3-7-16-12(2)14-5-4-13(11-18-14)19-9-6-15(20)17-8-10-19/h4-5,11-12,16H,3,6-10H2,1-2H3,(H,17,20). The van der Waals surface area contributed by atoms with Crippen LogP contribution in [0.5, 0.6) is 0 Å². The fourth-order valence-corrected chi connectivity index (χ4v) is 2.33. The van der Waals surface area contributed by atoms with Gasteiger partial charge in [-0.2, -0.15) is 0 Å². The van der Waals surface area contributed by atoms with Gasteiger partial charge < -0.3 is 15.5 Å². The van der Waals surface area contributed by atoms with Crippen LogP contribution in [0.15, 0.2) is 18.3 Å². The van der Waals surface area contributed by atoms with Crippen molar-refractivity contribution in [1.82, 2.24) is 15.6 Å². The molecule has 1 aromatic heterocycles. The van der Waals surface area contributed by atoms with Gasteiger partial charge in [-0.3, -0.25) is 9.78 Å². The van der Waals surface area contributed by atoms with Crippen molar-refractivity contribution in [3.05, 3.63) is 24.0 Å². The third kappa shape index (κ3) is 3.93. The first-order valence-electron chi connectivity index (χ1n) is 7.41. The lowest BCUT2D eigenvalue weighted by molar-refractivity contribution is -0.120.